The average molecular weight is 512 g/mol. The summed E-state index contributed by atoms with van der Waals surface area (Å²) >= 11 is 0. The van der Waals surface area contributed by atoms with Crippen LogP contribution in [0.2, 0.25) is 0 Å². The molecule has 9 heteroatoms. The highest BCUT2D eigenvalue weighted by Gasteiger charge is 2.72. The first-order valence-electron chi connectivity index (χ1n) is 13.5. The Labute approximate surface area is 217 Å². The maximum atomic E-state index is 13.9. The summed E-state index contributed by atoms with van der Waals surface area (Å²) in [6.45, 7) is 3.37. The highest BCUT2D eigenvalue weighted by Crippen LogP contribution is 2.55. The van der Waals surface area contributed by atoms with Gasteiger partial charge in [-0.2, -0.15) is 0 Å². The molecule has 1 aromatic rings. The number of hydrogen-bond donors (Lipinski definition) is 2. The third-order valence-electron chi connectivity index (χ3n) is 8.11. The Hall–Kier alpha value is -2.91. The molecule has 1 spiro atoms. The van der Waals surface area contributed by atoms with E-state index in [1.807, 2.05) is 19.1 Å². The van der Waals surface area contributed by atoms with Crippen molar-refractivity contribution in [3.05, 3.63) is 36.4 Å². The summed E-state index contributed by atoms with van der Waals surface area (Å²) in [5.74, 6) is -1.58. The van der Waals surface area contributed by atoms with Crippen LogP contribution in [0.15, 0.2) is 36.4 Å². The van der Waals surface area contributed by atoms with Crippen LogP contribution in [-0.4, -0.2) is 73.3 Å². The number of nitrogens with zero attached hydrogens (tertiary/aromatic N) is 1. The van der Waals surface area contributed by atoms with Gasteiger partial charge in [0.25, 0.3) is 0 Å². The van der Waals surface area contributed by atoms with Gasteiger partial charge in [-0.05, 0) is 38.3 Å². The summed E-state index contributed by atoms with van der Waals surface area (Å²) in [5, 5.41) is 6.14. The van der Waals surface area contributed by atoms with Gasteiger partial charge >= 0.3 is 0 Å². The van der Waals surface area contributed by atoms with Gasteiger partial charge in [0.1, 0.15) is 17.4 Å². The number of ether oxygens (including phenoxy) is 3. The third kappa shape index (κ3) is 4.75. The minimum atomic E-state index is -1.15. The molecular weight excluding hydrogens is 474 g/mol. The zero-order valence-corrected chi connectivity index (χ0v) is 21.6. The summed E-state index contributed by atoms with van der Waals surface area (Å²) in [4.78, 5) is 42.8. The van der Waals surface area contributed by atoms with Gasteiger partial charge < -0.3 is 29.7 Å². The maximum absolute atomic E-state index is 13.9. The molecule has 3 amide bonds. The number of amides is 3. The fraction of sp³-hybridized carbons (Fsp3) is 0.607. The van der Waals surface area contributed by atoms with Gasteiger partial charge in [0.05, 0.1) is 25.0 Å². The number of hydrogen-bond acceptors (Lipinski definition) is 6. The number of nitrogens with one attached hydrogen (secondary N) is 2. The lowest BCUT2D eigenvalue weighted by molar-refractivity contribution is -0.141. The third-order valence-corrected chi connectivity index (χ3v) is 8.11. The van der Waals surface area contributed by atoms with Crippen molar-refractivity contribution in [1.29, 1.82) is 0 Å². The van der Waals surface area contributed by atoms with Gasteiger partial charge in [0.15, 0.2) is 0 Å². The summed E-state index contributed by atoms with van der Waals surface area (Å²) in [6, 6.07) is 6.38. The van der Waals surface area contributed by atoms with Crippen LogP contribution in [0.25, 0.3) is 0 Å². The summed E-state index contributed by atoms with van der Waals surface area (Å²) in [7, 11) is 1.56. The molecule has 2 bridgehead atoms. The number of carbonyl (C=O) groups excluding carboxylic acids is 3. The Morgan fingerprint density at radius 3 is 2.76 bits per heavy atom. The molecule has 200 valence electrons. The molecule has 9 nitrogen and oxygen atoms in total. The van der Waals surface area contributed by atoms with Gasteiger partial charge in [-0.3, -0.25) is 14.4 Å². The van der Waals surface area contributed by atoms with Gasteiger partial charge in [-0.25, -0.2) is 0 Å². The van der Waals surface area contributed by atoms with Crippen LogP contribution in [0.3, 0.4) is 0 Å². The minimum Gasteiger partial charge on any atom is -0.497 e. The molecule has 3 heterocycles. The first kappa shape index (κ1) is 25.7. The van der Waals surface area contributed by atoms with Crippen LogP contribution >= 0.6 is 0 Å². The molecule has 3 fully saturated rings. The number of methoxy groups -OCH3 is 1. The predicted molar refractivity (Wildman–Crippen MR) is 137 cm³/mol. The van der Waals surface area contributed by atoms with Gasteiger partial charge in [0.2, 0.25) is 17.7 Å². The lowest BCUT2D eigenvalue weighted by atomic mass is 9.74. The number of carbonyl (C=O) groups is 3. The second-order valence-corrected chi connectivity index (χ2v) is 10.3. The molecule has 0 radical (unpaired) electrons. The van der Waals surface area contributed by atoms with E-state index in [4.69, 9.17) is 14.2 Å². The standard InChI is InChI=1S/C28H37N3O6/c1-3-36-16-8-15-31-24(26(33)29-18-9-5-4-6-10-18)28-14-13-21(37-28)22(23(28)27(31)34)25(32)30-19-11-7-12-20(17-19)35-2/h7,11-14,17-18,21-24H,3-6,8-10,15-16H2,1-2H3,(H,29,33)(H,30,32). The SMILES string of the molecule is CCOCCCN1C(=O)C2C(C(=O)Nc3cccc(OC)c3)C3C=CC2(O3)C1C(=O)NC1CCCCC1. The van der Waals surface area contributed by atoms with Crippen LogP contribution in [-0.2, 0) is 23.9 Å². The van der Waals surface area contributed by atoms with Crippen LogP contribution in [0.4, 0.5) is 5.69 Å². The normalized spacial score (nSPS) is 30.4. The lowest BCUT2D eigenvalue weighted by Gasteiger charge is -2.34. The number of fused-ring (bicyclic) bond motifs is 1. The van der Waals surface area contributed by atoms with Crippen LogP contribution in [0.5, 0.6) is 5.75 Å². The van der Waals surface area contributed by atoms with Gasteiger partial charge in [-0.15, -0.1) is 0 Å². The average Bonchev–Trinajstić information content (AvgIpc) is 3.54. The van der Waals surface area contributed by atoms with Crippen molar-refractivity contribution in [3.63, 3.8) is 0 Å². The van der Waals surface area contributed by atoms with Crippen LogP contribution in [0, 0.1) is 11.8 Å². The van der Waals surface area contributed by atoms with E-state index in [1.54, 1.807) is 36.3 Å². The minimum absolute atomic E-state index is 0.104. The molecular formula is C28H37N3O6. The zero-order chi connectivity index (χ0) is 26.0. The molecule has 2 saturated heterocycles. The molecule has 5 rings (SSSR count). The van der Waals surface area contributed by atoms with E-state index in [2.05, 4.69) is 10.6 Å². The topological polar surface area (TPSA) is 106 Å². The van der Waals surface area contributed by atoms with Gasteiger partial charge in [-0.1, -0.05) is 37.5 Å². The number of rotatable bonds is 10. The van der Waals surface area contributed by atoms with E-state index in [0.717, 1.165) is 25.7 Å². The summed E-state index contributed by atoms with van der Waals surface area (Å²) < 4.78 is 17.2. The maximum Gasteiger partial charge on any atom is 0.246 e. The molecule has 1 aromatic carbocycles. The van der Waals surface area contributed by atoms with E-state index in [-0.39, 0.29) is 23.8 Å². The van der Waals surface area contributed by atoms with Crippen molar-refractivity contribution in [3.8, 4) is 5.75 Å². The first-order chi connectivity index (χ1) is 18.0. The quantitative estimate of drug-likeness (QED) is 0.370. The number of likely N-dealkylation sites (tertiary alicyclic amines) is 1. The Bertz CT molecular complexity index is 1050. The molecule has 4 aliphatic rings. The smallest absolute Gasteiger partial charge is 0.246 e. The second-order valence-electron chi connectivity index (χ2n) is 10.3. The van der Waals surface area contributed by atoms with Crippen molar-refractivity contribution >= 4 is 23.4 Å². The molecule has 2 N–H and O–H groups in total. The van der Waals surface area contributed by atoms with E-state index in [1.165, 1.54) is 6.42 Å². The monoisotopic (exact) mass is 511 g/mol. The molecule has 5 atom stereocenters. The molecule has 5 unspecified atom stereocenters. The van der Waals surface area contributed by atoms with Crippen LogP contribution in [0.1, 0.15) is 45.4 Å². The molecule has 3 aliphatic heterocycles. The van der Waals surface area contributed by atoms with Crippen molar-refractivity contribution in [2.75, 3.05) is 32.2 Å². The van der Waals surface area contributed by atoms with E-state index in [9.17, 15) is 14.4 Å². The molecule has 0 aromatic heterocycles. The summed E-state index contributed by atoms with van der Waals surface area (Å²) in [6.07, 6.45) is 8.97. The Kier molecular flexibility index (Phi) is 7.53. The van der Waals surface area contributed by atoms with Crippen LogP contribution < -0.4 is 15.4 Å². The summed E-state index contributed by atoms with van der Waals surface area (Å²) in [5.41, 5.74) is -0.571. The first-order valence-corrected chi connectivity index (χ1v) is 13.5. The largest absolute Gasteiger partial charge is 0.497 e. The van der Waals surface area contributed by atoms with E-state index in [0.29, 0.717) is 37.6 Å². The van der Waals surface area contributed by atoms with Crippen molar-refractivity contribution in [1.82, 2.24) is 10.2 Å². The van der Waals surface area contributed by atoms with Crippen molar-refractivity contribution < 1.29 is 28.6 Å². The number of anilines is 1. The molecule has 1 aliphatic carbocycles. The highest BCUT2D eigenvalue weighted by atomic mass is 16.5. The fourth-order valence-corrected chi connectivity index (χ4v) is 6.44. The van der Waals surface area contributed by atoms with E-state index >= 15 is 0 Å². The van der Waals surface area contributed by atoms with Crippen molar-refractivity contribution in [2.24, 2.45) is 11.8 Å². The van der Waals surface area contributed by atoms with Gasteiger partial charge in [0, 0.05) is 37.6 Å². The molecule has 1 saturated carbocycles. The number of benzene rings is 1. The zero-order valence-electron chi connectivity index (χ0n) is 21.6. The fourth-order valence-electron chi connectivity index (χ4n) is 6.44. The Morgan fingerprint density at radius 1 is 1.19 bits per heavy atom. The Balaban J connectivity index is 1.40. The lowest BCUT2D eigenvalue weighted by Crippen LogP contribution is -2.56. The Morgan fingerprint density at radius 2 is 2.00 bits per heavy atom. The second kappa shape index (κ2) is 10.8. The molecule has 37 heavy (non-hydrogen) atoms. The highest BCUT2D eigenvalue weighted by molar-refractivity contribution is 6.02. The van der Waals surface area contributed by atoms with Crippen molar-refractivity contribution in [2.45, 2.75) is 69.2 Å². The predicted octanol–water partition coefficient (Wildman–Crippen LogP) is 2.66. The van der Waals surface area contributed by atoms with E-state index < -0.39 is 29.6 Å².